The van der Waals surface area contributed by atoms with Crippen molar-refractivity contribution in [2.45, 2.75) is 13.5 Å². The van der Waals surface area contributed by atoms with E-state index in [1.54, 1.807) is 0 Å². The van der Waals surface area contributed by atoms with Gasteiger partial charge in [0.15, 0.2) is 0 Å². The zero-order valence-electron chi connectivity index (χ0n) is 10.9. The number of nitrogen functional groups attached to an aromatic ring is 1. The normalized spacial score (nSPS) is 10.3. The number of rotatable bonds is 4. The van der Waals surface area contributed by atoms with Gasteiger partial charge in [-0.1, -0.05) is 23.7 Å². The lowest BCUT2D eigenvalue weighted by Crippen LogP contribution is -2.04. The van der Waals surface area contributed by atoms with E-state index in [1.165, 1.54) is 18.2 Å². The first-order valence-corrected chi connectivity index (χ1v) is 6.36. The van der Waals surface area contributed by atoms with Crippen molar-refractivity contribution < 1.29 is 14.6 Å². The minimum absolute atomic E-state index is 0.0717. The van der Waals surface area contributed by atoms with Crippen molar-refractivity contribution >= 4 is 23.3 Å². The number of halogens is 1. The highest BCUT2D eigenvalue weighted by Gasteiger charge is 2.12. The van der Waals surface area contributed by atoms with Crippen molar-refractivity contribution in [2.75, 3.05) is 5.73 Å². The molecule has 0 heterocycles. The molecule has 0 fully saturated rings. The van der Waals surface area contributed by atoms with Crippen molar-refractivity contribution in [3.63, 3.8) is 0 Å². The zero-order chi connectivity index (χ0) is 14.7. The minimum Gasteiger partial charge on any atom is -0.488 e. The molecule has 0 bridgehead atoms. The molecule has 2 aromatic rings. The maximum atomic E-state index is 11.1. The van der Waals surface area contributed by atoms with E-state index < -0.39 is 5.97 Å². The molecular weight excluding hydrogens is 278 g/mol. The molecule has 0 spiro atoms. The third kappa shape index (κ3) is 3.22. The summed E-state index contributed by atoms with van der Waals surface area (Å²) in [5.74, 6) is -0.829. The van der Waals surface area contributed by atoms with Crippen LogP contribution in [0.15, 0.2) is 36.4 Å². The Morgan fingerprint density at radius 1 is 1.30 bits per heavy atom. The predicted octanol–water partition coefficient (Wildman–Crippen LogP) is 3.51. The van der Waals surface area contributed by atoms with Crippen LogP contribution in [-0.2, 0) is 6.61 Å². The molecule has 3 N–H and O–H groups in total. The predicted molar refractivity (Wildman–Crippen MR) is 78.3 cm³/mol. The lowest BCUT2D eigenvalue weighted by atomic mass is 10.1. The summed E-state index contributed by atoms with van der Waals surface area (Å²) in [6, 6.07) is 10.0. The molecule has 0 aliphatic rings. The quantitative estimate of drug-likeness (QED) is 0.846. The van der Waals surface area contributed by atoms with Crippen LogP contribution in [0.1, 0.15) is 21.5 Å². The number of carboxylic acids is 1. The zero-order valence-corrected chi connectivity index (χ0v) is 11.6. The molecule has 0 aliphatic carbocycles. The lowest BCUT2D eigenvalue weighted by Gasteiger charge is -2.11. The highest BCUT2D eigenvalue weighted by atomic mass is 35.5. The van der Waals surface area contributed by atoms with Crippen molar-refractivity contribution in [2.24, 2.45) is 0 Å². The van der Waals surface area contributed by atoms with Crippen molar-refractivity contribution in [1.29, 1.82) is 0 Å². The molecule has 20 heavy (non-hydrogen) atoms. The van der Waals surface area contributed by atoms with Gasteiger partial charge in [0, 0.05) is 22.3 Å². The Bertz CT molecular complexity index is 656. The summed E-state index contributed by atoms with van der Waals surface area (Å²) in [5.41, 5.74) is 8.00. The number of carboxylic acid groups (broad SMARTS) is 1. The standard InChI is InChI=1S/C15H14ClNO3/c1-9-2-3-10(13(16)6-9)8-20-14-7-11(17)4-5-12(14)15(18)19/h2-7H,8,17H2,1H3,(H,18,19). The molecule has 104 valence electrons. The Labute approximate surface area is 121 Å². The summed E-state index contributed by atoms with van der Waals surface area (Å²) in [7, 11) is 0. The molecule has 2 rings (SSSR count). The second-order valence-corrected chi connectivity index (χ2v) is 4.85. The minimum atomic E-state index is -1.06. The van der Waals surface area contributed by atoms with Gasteiger partial charge < -0.3 is 15.6 Å². The van der Waals surface area contributed by atoms with Crippen molar-refractivity contribution in [1.82, 2.24) is 0 Å². The van der Waals surface area contributed by atoms with Gasteiger partial charge in [0.1, 0.15) is 17.9 Å². The molecule has 4 nitrogen and oxygen atoms in total. The molecule has 0 atom stereocenters. The SMILES string of the molecule is Cc1ccc(COc2cc(N)ccc2C(=O)O)c(Cl)c1. The van der Waals surface area contributed by atoms with Gasteiger partial charge in [-0.05, 0) is 30.7 Å². The Hall–Kier alpha value is -2.20. The molecule has 0 saturated heterocycles. The van der Waals surface area contributed by atoms with E-state index in [0.717, 1.165) is 11.1 Å². The van der Waals surface area contributed by atoms with Crippen LogP contribution in [0.4, 0.5) is 5.69 Å². The molecule has 5 heteroatoms. The second kappa shape index (κ2) is 5.84. The summed E-state index contributed by atoms with van der Waals surface area (Å²) in [6.07, 6.45) is 0. The van der Waals surface area contributed by atoms with Gasteiger partial charge >= 0.3 is 5.97 Å². The number of ether oxygens (including phenoxy) is 1. The van der Waals surface area contributed by atoms with Crippen LogP contribution in [0, 0.1) is 6.92 Å². The van der Waals surface area contributed by atoms with Crippen LogP contribution >= 0.6 is 11.6 Å². The molecule has 0 unspecified atom stereocenters. The molecule has 0 saturated carbocycles. The lowest BCUT2D eigenvalue weighted by molar-refractivity contribution is 0.0692. The average Bonchev–Trinajstić information content (AvgIpc) is 2.37. The molecule has 0 radical (unpaired) electrons. The van der Waals surface area contributed by atoms with E-state index in [-0.39, 0.29) is 17.9 Å². The van der Waals surface area contributed by atoms with E-state index in [0.29, 0.717) is 10.7 Å². The highest BCUT2D eigenvalue weighted by Crippen LogP contribution is 2.25. The largest absolute Gasteiger partial charge is 0.488 e. The van der Waals surface area contributed by atoms with Gasteiger partial charge in [0.2, 0.25) is 0 Å². The number of aryl methyl sites for hydroxylation is 1. The van der Waals surface area contributed by atoms with E-state index in [2.05, 4.69) is 0 Å². The second-order valence-electron chi connectivity index (χ2n) is 4.44. The van der Waals surface area contributed by atoms with Crippen LogP contribution in [0.5, 0.6) is 5.75 Å². The third-order valence-electron chi connectivity index (χ3n) is 2.83. The van der Waals surface area contributed by atoms with Gasteiger partial charge in [-0.25, -0.2) is 4.79 Å². The Morgan fingerprint density at radius 3 is 2.70 bits per heavy atom. The highest BCUT2D eigenvalue weighted by molar-refractivity contribution is 6.31. The van der Waals surface area contributed by atoms with Gasteiger partial charge in [0.05, 0.1) is 0 Å². The fourth-order valence-electron chi connectivity index (χ4n) is 1.76. The number of hydrogen-bond donors (Lipinski definition) is 2. The number of anilines is 1. The maximum absolute atomic E-state index is 11.1. The maximum Gasteiger partial charge on any atom is 0.339 e. The fraction of sp³-hybridized carbons (Fsp3) is 0.133. The Kier molecular flexibility index (Phi) is 4.15. The Morgan fingerprint density at radius 2 is 2.05 bits per heavy atom. The van der Waals surface area contributed by atoms with E-state index >= 15 is 0 Å². The summed E-state index contributed by atoms with van der Waals surface area (Å²) >= 11 is 6.11. The average molecular weight is 292 g/mol. The number of carbonyl (C=O) groups is 1. The number of aromatic carboxylic acids is 1. The first kappa shape index (κ1) is 14.2. The van der Waals surface area contributed by atoms with Gasteiger partial charge in [-0.2, -0.15) is 0 Å². The molecular formula is C15H14ClNO3. The van der Waals surface area contributed by atoms with Crippen LogP contribution in [0.3, 0.4) is 0 Å². The van der Waals surface area contributed by atoms with Gasteiger partial charge in [0.25, 0.3) is 0 Å². The van der Waals surface area contributed by atoms with E-state index in [1.807, 2.05) is 25.1 Å². The molecule has 2 aromatic carbocycles. The molecule has 0 aliphatic heterocycles. The summed E-state index contributed by atoms with van der Waals surface area (Å²) in [6.45, 7) is 2.12. The van der Waals surface area contributed by atoms with Gasteiger partial charge in [-0.3, -0.25) is 0 Å². The van der Waals surface area contributed by atoms with Crippen LogP contribution in [-0.4, -0.2) is 11.1 Å². The first-order valence-electron chi connectivity index (χ1n) is 5.98. The first-order chi connectivity index (χ1) is 9.47. The summed E-state index contributed by atoms with van der Waals surface area (Å²) < 4.78 is 5.54. The van der Waals surface area contributed by atoms with E-state index in [9.17, 15) is 4.79 Å². The summed E-state index contributed by atoms with van der Waals surface area (Å²) in [4.78, 5) is 11.1. The summed E-state index contributed by atoms with van der Waals surface area (Å²) in [5, 5.41) is 9.69. The van der Waals surface area contributed by atoms with Crippen LogP contribution in [0.25, 0.3) is 0 Å². The molecule has 0 aromatic heterocycles. The van der Waals surface area contributed by atoms with Crippen LogP contribution in [0.2, 0.25) is 5.02 Å². The fourth-order valence-corrected chi connectivity index (χ4v) is 2.05. The Balaban J connectivity index is 2.22. The van der Waals surface area contributed by atoms with Crippen molar-refractivity contribution in [3.8, 4) is 5.75 Å². The third-order valence-corrected chi connectivity index (χ3v) is 3.18. The van der Waals surface area contributed by atoms with E-state index in [4.69, 9.17) is 27.2 Å². The molecule has 0 amide bonds. The van der Waals surface area contributed by atoms with Gasteiger partial charge in [-0.15, -0.1) is 0 Å². The van der Waals surface area contributed by atoms with Crippen LogP contribution < -0.4 is 10.5 Å². The van der Waals surface area contributed by atoms with Crippen molar-refractivity contribution in [3.05, 3.63) is 58.1 Å². The topological polar surface area (TPSA) is 72.5 Å². The number of hydrogen-bond acceptors (Lipinski definition) is 3. The monoisotopic (exact) mass is 291 g/mol. The number of benzene rings is 2. The number of nitrogens with two attached hydrogens (primary N) is 1. The smallest absolute Gasteiger partial charge is 0.339 e.